The fraction of sp³-hybridized carbons (Fsp3) is 0. The zero-order valence-corrected chi connectivity index (χ0v) is 13.6. The maximum atomic E-state index is 10.9. The number of carboxylic acids is 1. The van der Waals surface area contributed by atoms with Crippen LogP contribution in [0.2, 0.25) is 10.6 Å². The Bertz CT molecular complexity index is 636. The number of aromatic carboxylic acids is 1. The third-order valence-corrected chi connectivity index (χ3v) is 2.33. The molecule has 0 unspecified atom stereocenters. The van der Waals surface area contributed by atoms with Gasteiger partial charge in [-0.2, -0.15) is 15.0 Å². The number of nitrogens with two attached hydrogens (primary N) is 1. The van der Waals surface area contributed by atoms with Gasteiger partial charge in [0.15, 0.2) is 0 Å². The van der Waals surface area contributed by atoms with Crippen LogP contribution in [0.3, 0.4) is 0 Å². The molecule has 0 saturated carbocycles. The number of nitrogen functional groups attached to an aromatic ring is 1. The molecule has 7 nitrogen and oxygen atoms in total. The fourth-order valence-electron chi connectivity index (χ4n) is 1.24. The molecule has 0 aliphatic carbocycles. The Morgan fingerprint density at radius 2 is 1.80 bits per heavy atom. The number of rotatable bonds is 3. The van der Waals surface area contributed by atoms with Crippen molar-refractivity contribution in [2.24, 2.45) is 0 Å². The molecule has 98 valence electrons. The van der Waals surface area contributed by atoms with E-state index < -0.39 is 5.97 Å². The summed E-state index contributed by atoms with van der Waals surface area (Å²) < 4.78 is 5.18. The number of hydrogen-bond acceptors (Lipinski definition) is 7. The molecule has 10 heteroatoms. The number of ether oxygens (including phenoxy) is 1. The van der Waals surface area contributed by atoms with E-state index in [4.69, 9.17) is 33.7 Å². The molecule has 0 radical (unpaired) electrons. The molecule has 20 heavy (non-hydrogen) atoms. The molecule has 1 aromatic heterocycles. The predicted molar refractivity (Wildman–Crippen MR) is 65.1 cm³/mol. The first-order chi connectivity index (χ1) is 8.95. The van der Waals surface area contributed by atoms with Gasteiger partial charge in [-0.25, -0.2) is 0 Å². The van der Waals surface area contributed by atoms with Gasteiger partial charge < -0.3 is 20.4 Å². The second-order valence-corrected chi connectivity index (χ2v) is 3.98. The first-order valence-electron chi connectivity index (χ1n) is 4.81. The molecule has 0 amide bonds. The number of carbonyl (C=O) groups is 1. The van der Waals surface area contributed by atoms with Crippen molar-refractivity contribution in [3.63, 3.8) is 0 Å². The van der Waals surface area contributed by atoms with Crippen molar-refractivity contribution in [1.82, 2.24) is 15.0 Å². The van der Waals surface area contributed by atoms with Gasteiger partial charge in [0, 0.05) is 17.3 Å². The SMILES string of the molecule is Nc1ccc(C(=O)[O-])c(Oc2nc(Cl)nc(Cl)n2)c1.[Na+]. The molecule has 1 heterocycles. The summed E-state index contributed by atoms with van der Waals surface area (Å²) in [5.74, 6) is -1.51. The first-order valence-corrected chi connectivity index (χ1v) is 5.57. The van der Waals surface area contributed by atoms with E-state index in [9.17, 15) is 9.90 Å². The van der Waals surface area contributed by atoms with Gasteiger partial charge >= 0.3 is 35.6 Å². The summed E-state index contributed by atoms with van der Waals surface area (Å²) in [6, 6.07) is 3.67. The van der Waals surface area contributed by atoms with Crippen molar-refractivity contribution in [3.05, 3.63) is 34.3 Å². The molecule has 0 bridgehead atoms. The molecule has 0 aliphatic heterocycles. The number of carbonyl (C=O) groups excluding carboxylic acids is 1. The van der Waals surface area contributed by atoms with Gasteiger partial charge in [-0.05, 0) is 35.3 Å². The Hall–Kier alpha value is -1.12. The van der Waals surface area contributed by atoms with Gasteiger partial charge in [-0.1, -0.05) is 0 Å². The zero-order chi connectivity index (χ0) is 14.0. The molecule has 0 spiro atoms. The summed E-state index contributed by atoms with van der Waals surface area (Å²) in [5, 5.41) is 10.5. The molecule has 0 fully saturated rings. The van der Waals surface area contributed by atoms with Gasteiger partial charge in [0.1, 0.15) is 5.75 Å². The molecule has 2 N–H and O–H groups in total. The Labute approximate surface area is 145 Å². The van der Waals surface area contributed by atoms with Crippen LogP contribution < -0.4 is 45.1 Å². The van der Waals surface area contributed by atoms with Gasteiger partial charge in [0.2, 0.25) is 10.6 Å². The summed E-state index contributed by atoms with van der Waals surface area (Å²) in [7, 11) is 0. The summed E-state index contributed by atoms with van der Waals surface area (Å²) in [6.45, 7) is 0. The van der Waals surface area contributed by atoms with E-state index in [0.717, 1.165) is 0 Å². The average Bonchev–Trinajstić information content (AvgIpc) is 2.26. The third-order valence-electron chi connectivity index (χ3n) is 1.99. The van der Waals surface area contributed by atoms with Crippen LogP contribution in [0.1, 0.15) is 10.4 Å². The Balaban J connectivity index is 0.00000200. The Kier molecular flexibility index (Phi) is 5.97. The maximum Gasteiger partial charge on any atom is 1.00 e. The average molecular weight is 323 g/mol. The zero-order valence-electron chi connectivity index (χ0n) is 10.1. The van der Waals surface area contributed by atoms with Crippen molar-refractivity contribution in [2.75, 3.05) is 5.73 Å². The fourth-order valence-corrected chi connectivity index (χ4v) is 1.59. The summed E-state index contributed by atoms with van der Waals surface area (Å²) in [6.07, 6.45) is 0. The number of benzene rings is 1. The smallest absolute Gasteiger partial charge is 0.545 e. The van der Waals surface area contributed by atoms with Crippen LogP contribution in [0.4, 0.5) is 5.69 Å². The molecule has 0 atom stereocenters. The number of aromatic nitrogens is 3. The molecule has 0 saturated heterocycles. The second kappa shape index (κ2) is 7.05. The summed E-state index contributed by atoms with van der Waals surface area (Å²) in [5.41, 5.74) is 5.63. The molecule has 2 aromatic rings. The monoisotopic (exact) mass is 322 g/mol. The number of nitrogens with zero attached hydrogens (tertiary/aromatic N) is 3. The van der Waals surface area contributed by atoms with E-state index in [1.165, 1.54) is 18.2 Å². The minimum Gasteiger partial charge on any atom is -0.545 e. The van der Waals surface area contributed by atoms with Crippen LogP contribution in [0.15, 0.2) is 18.2 Å². The predicted octanol–water partition coefficient (Wildman–Crippen LogP) is -2.08. The van der Waals surface area contributed by atoms with Crippen LogP contribution in [-0.4, -0.2) is 20.9 Å². The minimum atomic E-state index is -1.43. The van der Waals surface area contributed by atoms with Gasteiger partial charge in [-0.15, -0.1) is 0 Å². The van der Waals surface area contributed by atoms with Crippen LogP contribution in [0, 0.1) is 0 Å². The number of anilines is 1. The van der Waals surface area contributed by atoms with Crippen molar-refractivity contribution >= 4 is 34.9 Å². The first kappa shape index (κ1) is 16.9. The van der Waals surface area contributed by atoms with E-state index in [0.29, 0.717) is 5.69 Å². The van der Waals surface area contributed by atoms with Crippen LogP contribution >= 0.6 is 23.2 Å². The topological polar surface area (TPSA) is 114 Å². The van der Waals surface area contributed by atoms with Gasteiger partial charge in [0.25, 0.3) is 0 Å². The van der Waals surface area contributed by atoms with Crippen molar-refractivity contribution in [3.8, 4) is 11.8 Å². The van der Waals surface area contributed by atoms with E-state index in [1.807, 2.05) is 0 Å². The molecule has 1 aromatic carbocycles. The van der Waals surface area contributed by atoms with Crippen molar-refractivity contribution in [1.29, 1.82) is 0 Å². The van der Waals surface area contributed by atoms with Crippen LogP contribution in [0.5, 0.6) is 11.8 Å². The Morgan fingerprint density at radius 3 is 2.35 bits per heavy atom. The maximum absolute atomic E-state index is 10.9. The van der Waals surface area contributed by atoms with Crippen LogP contribution in [0.25, 0.3) is 0 Å². The van der Waals surface area contributed by atoms with E-state index in [1.54, 1.807) is 0 Å². The Morgan fingerprint density at radius 1 is 1.20 bits per heavy atom. The quantitative estimate of drug-likeness (QED) is 0.509. The second-order valence-electron chi connectivity index (χ2n) is 3.30. The van der Waals surface area contributed by atoms with Crippen molar-refractivity contribution < 1.29 is 44.2 Å². The standard InChI is InChI=1S/C10H6Cl2N4O3.Na/c11-8-14-9(12)16-10(15-8)19-6-3-4(13)1-2-5(6)7(17)18;/h1-3H,13H2,(H,17,18);/q;+1/p-1. The van der Waals surface area contributed by atoms with Gasteiger partial charge in [-0.3, -0.25) is 0 Å². The van der Waals surface area contributed by atoms with E-state index in [-0.39, 0.29) is 57.4 Å². The summed E-state index contributed by atoms with van der Waals surface area (Å²) >= 11 is 11.1. The molecule has 0 aliphatic rings. The van der Waals surface area contributed by atoms with Gasteiger partial charge in [0.05, 0.1) is 5.97 Å². The third kappa shape index (κ3) is 4.19. The number of hydrogen-bond donors (Lipinski definition) is 1. The molecular weight excluding hydrogens is 318 g/mol. The minimum absolute atomic E-state index is 0. The van der Waals surface area contributed by atoms with Crippen molar-refractivity contribution in [2.45, 2.75) is 0 Å². The summed E-state index contributed by atoms with van der Waals surface area (Å²) in [4.78, 5) is 21.7. The largest absolute Gasteiger partial charge is 1.00 e. The molecule has 2 rings (SSSR count). The van der Waals surface area contributed by atoms with E-state index >= 15 is 0 Å². The number of halogens is 2. The van der Waals surface area contributed by atoms with E-state index in [2.05, 4.69) is 15.0 Å². The molecular formula is C10H5Cl2N4NaO3. The number of carboxylic acid groups (broad SMARTS) is 1. The normalized spacial score (nSPS) is 9.70. The van der Waals surface area contributed by atoms with Crippen LogP contribution in [-0.2, 0) is 0 Å².